The summed E-state index contributed by atoms with van der Waals surface area (Å²) >= 11 is 10.1. The summed E-state index contributed by atoms with van der Waals surface area (Å²) in [5.74, 6) is 0.868. The molecule has 1 aliphatic rings. The van der Waals surface area contributed by atoms with Gasteiger partial charge in [0.05, 0.1) is 23.9 Å². The normalized spacial score (nSPS) is 13.8. The van der Waals surface area contributed by atoms with Crippen LogP contribution in [0.5, 0.6) is 5.75 Å². The predicted octanol–water partition coefficient (Wildman–Crippen LogP) is 6.44. The average molecular weight is 502 g/mol. The van der Waals surface area contributed by atoms with Crippen LogP contribution in [-0.2, 0) is 17.9 Å². The SMILES string of the molecule is Cc1ccc(COc2ccc(Br)cc2CNc2ccc(N3CCOCC3)c(Cl)c2)cc1. The highest BCUT2D eigenvalue weighted by Crippen LogP contribution is 2.31. The molecule has 0 unspecified atom stereocenters. The molecule has 31 heavy (non-hydrogen) atoms. The van der Waals surface area contributed by atoms with E-state index in [9.17, 15) is 0 Å². The predicted molar refractivity (Wildman–Crippen MR) is 131 cm³/mol. The highest BCUT2D eigenvalue weighted by atomic mass is 79.9. The number of rotatable bonds is 7. The zero-order valence-electron chi connectivity index (χ0n) is 17.5. The monoisotopic (exact) mass is 500 g/mol. The number of aryl methyl sites for hydroxylation is 1. The Labute approximate surface area is 197 Å². The van der Waals surface area contributed by atoms with Gasteiger partial charge in [-0.3, -0.25) is 0 Å². The molecule has 0 amide bonds. The zero-order valence-corrected chi connectivity index (χ0v) is 19.9. The van der Waals surface area contributed by atoms with Gasteiger partial charge in [0.25, 0.3) is 0 Å². The summed E-state index contributed by atoms with van der Waals surface area (Å²) < 4.78 is 12.6. The van der Waals surface area contributed by atoms with Crippen molar-refractivity contribution in [1.82, 2.24) is 0 Å². The van der Waals surface area contributed by atoms with E-state index >= 15 is 0 Å². The Morgan fingerprint density at radius 1 is 1.03 bits per heavy atom. The highest BCUT2D eigenvalue weighted by molar-refractivity contribution is 9.10. The summed E-state index contributed by atoms with van der Waals surface area (Å²) in [5, 5.41) is 4.22. The molecule has 0 saturated carbocycles. The first-order chi connectivity index (χ1) is 15.1. The molecule has 1 fully saturated rings. The summed E-state index contributed by atoms with van der Waals surface area (Å²) in [6.45, 7) is 6.47. The molecule has 1 aliphatic heterocycles. The van der Waals surface area contributed by atoms with Crippen molar-refractivity contribution in [2.24, 2.45) is 0 Å². The van der Waals surface area contributed by atoms with Crippen LogP contribution in [0.15, 0.2) is 65.1 Å². The molecule has 162 valence electrons. The highest BCUT2D eigenvalue weighted by Gasteiger charge is 2.14. The number of ether oxygens (including phenoxy) is 2. The second kappa shape index (κ2) is 10.4. The number of anilines is 2. The lowest BCUT2D eigenvalue weighted by atomic mass is 10.1. The van der Waals surface area contributed by atoms with Gasteiger partial charge >= 0.3 is 0 Å². The molecule has 6 heteroatoms. The van der Waals surface area contributed by atoms with Gasteiger partial charge in [-0.15, -0.1) is 0 Å². The second-order valence-electron chi connectivity index (χ2n) is 7.65. The Morgan fingerprint density at radius 2 is 1.81 bits per heavy atom. The van der Waals surface area contributed by atoms with Crippen molar-refractivity contribution in [3.05, 3.63) is 86.8 Å². The lowest BCUT2D eigenvalue weighted by molar-refractivity contribution is 0.122. The Hall–Kier alpha value is -2.21. The summed E-state index contributed by atoms with van der Waals surface area (Å²) in [7, 11) is 0. The summed E-state index contributed by atoms with van der Waals surface area (Å²) in [6, 6.07) is 20.6. The smallest absolute Gasteiger partial charge is 0.124 e. The van der Waals surface area contributed by atoms with Gasteiger partial charge < -0.3 is 19.7 Å². The lowest BCUT2D eigenvalue weighted by Gasteiger charge is -2.29. The van der Waals surface area contributed by atoms with E-state index in [1.807, 2.05) is 18.2 Å². The molecule has 0 radical (unpaired) electrons. The molecule has 0 bridgehead atoms. The maximum Gasteiger partial charge on any atom is 0.124 e. The number of benzene rings is 3. The van der Waals surface area contributed by atoms with Crippen LogP contribution in [-0.4, -0.2) is 26.3 Å². The third-order valence-electron chi connectivity index (χ3n) is 5.32. The van der Waals surface area contributed by atoms with E-state index in [1.165, 1.54) is 5.56 Å². The van der Waals surface area contributed by atoms with Gasteiger partial charge in [0.15, 0.2) is 0 Å². The topological polar surface area (TPSA) is 33.7 Å². The van der Waals surface area contributed by atoms with Gasteiger partial charge in [-0.25, -0.2) is 0 Å². The fraction of sp³-hybridized carbons (Fsp3) is 0.280. The van der Waals surface area contributed by atoms with E-state index < -0.39 is 0 Å². The molecule has 3 aromatic carbocycles. The molecule has 1 saturated heterocycles. The lowest BCUT2D eigenvalue weighted by Crippen LogP contribution is -2.36. The van der Waals surface area contributed by atoms with Gasteiger partial charge in [-0.05, 0) is 48.9 Å². The third kappa shape index (κ3) is 5.94. The Balaban J connectivity index is 1.42. The first kappa shape index (κ1) is 22.0. The van der Waals surface area contributed by atoms with Crippen LogP contribution in [0.25, 0.3) is 0 Å². The Kier molecular flexibility index (Phi) is 7.38. The minimum atomic E-state index is 0.537. The van der Waals surface area contributed by atoms with Crippen LogP contribution in [0.4, 0.5) is 11.4 Å². The van der Waals surface area contributed by atoms with E-state index in [0.717, 1.165) is 64.0 Å². The van der Waals surface area contributed by atoms with Crippen LogP contribution < -0.4 is 15.0 Å². The van der Waals surface area contributed by atoms with Crippen LogP contribution in [0, 0.1) is 6.92 Å². The molecule has 3 aromatic rings. The van der Waals surface area contributed by atoms with Crippen LogP contribution in [0.3, 0.4) is 0 Å². The van der Waals surface area contributed by atoms with Crippen molar-refractivity contribution >= 4 is 38.9 Å². The minimum Gasteiger partial charge on any atom is -0.489 e. The van der Waals surface area contributed by atoms with Gasteiger partial charge in [0, 0.05) is 35.4 Å². The molecule has 0 atom stereocenters. The molecular formula is C25H26BrClN2O2. The molecule has 0 spiro atoms. The van der Waals surface area contributed by atoms with E-state index in [2.05, 4.69) is 75.5 Å². The summed E-state index contributed by atoms with van der Waals surface area (Å²) in [6.07, 6.45) is 0. The standard InChI is InChI=1S/C25H26BrClN2O2/c1-18-2-4-19(5-3-18)17-31-25-9-6-21(26)14-20(25)16-28-22-7-8-24(23(27)15-22)29-10-12-30-13-11-29/h2-9,14-15,28H,10-13,16-17H2,1H3. The van der Waals surface area contributed by atoms with Crippen molar-refractivity contribution in [1.29, 1.82) is 0 Å². The maximum absolute atomic E-state index is 6.57. The number of hydrogen-bond donors (Lipinski definition) is 1. The molecule has 1 heterocycles. The quantitative estimate of drug-likeness (QED) is 0.404. The number of hydrogen-bond acceptors (Lipinski definition) is 4. The van der Waals surface area contributed by atoms with E-state index in [-0.39, 0.29) is 0 Å². The number of nitrogens with zero attached hydrogens (tertiary/aromatic N) is 1. The van der Waals surface area contributed by atoms with Gasteiger partial charge in [0.2, 0.25) is 0 Å². The summed E-state index contributed by atoms with van der Waals surface area (Å²) in [5.41, 5.74) is 5.51. The molecule has 4 rings (SSSR count). The summed E-state index contributed by atoms with van der Waals surface area (Å²) in [4.78, 5) is 2.26. The van der Waals surface area contributed by atoms with Gasteiger partial charge in [0.1, 0.15) is 12.4 Å². The van der Waals surface area contributed by atoms with Crippen molar-refractivity contribution < 1.29 is 9.47 Å². The van der Waals surface area contributed by atoms with Crippen LogP contribution in [0.2, 0.25) is 5.02 Å². The maximum atomic E-state index is 6.57. The van der Waals surface area contributed by atoms with Crippen molar-refractivity contribution in [2.45, 2.75) is 20.1 Å². The van der Waals surface area contributed by atoms with Gasteiger partial charge in [-0.1, -0.05) is 57.4 Å². The minimum absolute atomic E-state index is 0.537. The van der Waals surface area contributed by atoms with E-state index in [4.69, 9.17) is 21.1 Å². The molecule has 0 aliphatic carbocycles. The zero-order chi connectivity index (χ0) is 21.6. The van der Waals surface area contributed by atoms with Gasteiger partial charge in [-0.2, -0.15) is 0 Å². The van der Waals surface area contributed by atoms with Crippen LogP contribution in [0.1, 0.15) is 16.7 Å². The van der Waals surface area contributed by atoms with Crippen molar-refractivity contribution in [3.63, 3.8) is 0 Å². The fourth-order valence-electron chi connectivity index (χ4n) is 3.55. The van der Waals surface area contributed by atoms with Crippen molar-refractivity contribution in [2.75, 3.05) is 36.5 Å². The fourth-order valence-corrected chi connectivity index (χ4v) is 4.26. The van der Waals surface area contributed by atoms with Crippen LogP contribution >= 0.6 is 27.5 Å². The number of nitrogens with one attached hydrogen (secondary N) is 1. The number of morpholine rings is 1. The average Bonchev–Trinajstić information content (AvgIpc) is 2.79. The molecular weight excluding hydrogens is 476 g/mol. The number of halogens is 2. The van der Waals surface area contributed by atoms with E-state index in [0.29, 0.717) is 13.2 Å². The largest absolute Gasteiger partial charge is 0.489 e. The second-order valence-corrected chi connectivity index (χ2v) is 8.97. The molecule has 1 N–H and O–H groups in total. The van der Waals surface area contributed by atoms with E-state index in [1.54, 1.807) is 0 Å². The first-order valence-corrected chi connectivity index (χ1v) is 11.6. The Bertz CT molecular complexity index is 1020. The molecule has 4 nitrogen and oxygen atoms in total. The van der Waals surface area contributed by atoms with Crippen molar-refractivity contribution in [3.8, 4) is 5.75 Å². The third-order valence-corrected chi connectivity index (χ3v) is 6.12. The Morgan fingerprint density at radius 3 is 2.55 bits per heavy atom. The molecule has 0 aromatic heterocycles. The first-order valence-electron chi connectivity index (χ1n) is 10.4.